The molecule has 132 valence electrons. The predicted molar refractivity (Wildman–Crippen MR) is 54.0 cm³/mol. The van der Waals surface area contributed by atoms with Gasteiger partial charge in [-0.2, -0.15) is 0 Å². The van der Waals surface area contributed by atoms with E-state index in [2.05, 4.69) is 0 Å². The van der Waals surface area contributed by atoms with Crippen LogP contribution in [0.4, 0.5) is 0 Å². The van der Waals surface area contributed by atoms with E-state index < -0.39 is 7.82 Å². The Labute approximate surface area is 163 Å². The SMILES string of the molecule is O.O.O.O.O.O.O.O.O.O.O.O=P(O)(O)O.[Hf].[Hf].[Hf]. The first-order valence-electron chi connectivity index (χ1n) is 0.783. The summed E-state index contributed by atoms with van der Waals surface area (Å²) in [6.07, 6.45) is 0. The fourth-order valence-electron chi connectivity index (χ4n) is 0. The molecule has 0 aliphatic heterocycles. The summed E-state index contributed by atoms with van der Waals surface area (Å²) < 4.78 is 8.88. The van der Waals surface area contributed by atoms with E-state index >= 15 is 0 Å². The minimum Gasteiger partial charge on any atom is -0.412 e. The zero-order valence-corrected chi connectivity index (χ0v) is 20.9. The normalized spacial score (nSPS) is 3.11. The fraction of sp³-hybridized carbons (Fsp3) is 0. The molecule has 0 unspecified atom stereocenters. The van der Waals surface area contributed by atoms with Gasteiger partial charge in [-0.25, -0.2) is 4.57 Å². The minimum absolute atomic E-state index is 0. The van der Waals surface area contributed by atoms with Crippen molar-refractivity contribution in [2.24, 2.45) is 0 Å². The van der Waals surface area contributed by atoms with E-state index in [0.29, 0.717) is 0 Å². The molecule has 0 radical (unpaired) electrons. The Morgan fingerprint density at radius 1 is 0.421 bits per heavy atom. The van der Waals surface area contributed by atoms with E-state index in [9.17, 15) is 0 Å². The molecule has 0 aromatic heterocycles. The maximum Gasteiger partial charge on any atom is 0.466 e. The minimum atomic E-state index is -4.64. The van der Waals surface area contributed by atoms with Crippen LogP contribution in [0.2, 0.25) is 0 Å². The van der Waals surface area contributed by atoms with Crippen molar-refractivity contribution < 1.29 is 157 Å². The molecule has 0 rings (SSSR count). The third-order valence-electron chi connectivity index (χ3n) is 0. The molecule has 0 aromatic rings. The van der Waals surface area contributed by atoms with Crippen LogP contribution < -0.4 is 0 Å². The fourth-order valence-corrected chi connectivity index (χ4v) is 0. The zero-order valence-electron chi connectivity index (χ0n) is 9.20. The second kappa shape index (κ2) is 110. The van der Waals surface area contributed by atoms with Gasteiger partial charge in [-0.15, -0.1) is 0 Å². The van der Waals surface area contributed by atoms with E-state index in [-0.39, 0.29) is 138 Å². The van der Waals surface area contributed by atoms with Gasteiger partial charge in [0, 0.05) is 77.5 Å². The third kappa shape index (κ3) is 1300. The van der Waals surface area contributed by atoms with Crippen LogP contribution in [-0.4, -0.2) is 74.9 Å². The van der Waals surface area contributed by atoms with Gasteiger partial charge >= 0.3 is 7.82 Å². The smallest absolute Gasteiger partial charge is 0.412 e. The van der Waals surface area contributed by atoms with Crippen LogP contribution >= 0.6 is 7.82 Å². The maximum absolute atomic E-state index is 8.88. The summed E-state index contributed by atoms with van der Waals surface area (Å²) in [5.74, 6) is 0. The molecule has 15 nitrogen and oxygen atoms in total. The predicted octanol–water partition coefficient (Wildman–Crippen LogP) is -10.0. The average Bonchev–Trinajstić information content (AvgIpc) is 0.722. The van der Waals surface area contributed by atoms with Gasteiger partial charge in [0.05, 0.1) is 0 Å². The standard InChI is InChI=1S/3Hf.H3O4P.11H2O/c;;;1-5(2,3)4;;;;;;;;;;;/h;;;(H3,1,2,3,4);11*1H2. The molecule has 0 heterocycles. The van der Waals surface area contributed by atoms with Crippen LogP contribution in [0.25, 0.3) is 0 Å². The van der Waals surface area contributed by atoms with Crippen molar-refractivity contribution in [3.05, 3.63) is 0 Å². The van der Waals surface area contributed by atoms with Crippen LogP contribution in [0.3, 0.4) is 0 Å². The third-order valence-corrected chi connectivity index (χ3v) is 0. The van der Waals surface area contributed by atoms with Gasteiger partial charge in [-0.05, 0) is 0 Å². The van der Waals surface area contributed by atoms with Crippen molar-refractivity contribution in [1.29, 1.82) is 0 Å². The van der Waals surface area contributed by atoms with E-state index in [1.807, 2.05) is 0 Å². The Bertz CT molecular complexity index is 63.5. The summed E-state index contributed by atoms with van der Waals surface area (Å²) in [6.45, 7) is 0. The summed E-state index contributed by atoms with van der Waals surface area (Å²) in [6, 6.07) is 0. The van der Waals surface area contributed by atoms with Crippen LogP contribution in [0, 0.1) is 0 Å². The monoisotopic (exact) mass is 836 g/mol. The van der Waals surface area contributed by atoms with Crippen molar-refractivity contribution in [1.82, 2.24) is 0 Å². The summed E-state index contributed by atoms with van der Waals surface area (Å²) in [7, 11) is -4.64. The molecule has 0 aliphatic rings. The molecule has 0 atom stereocenters. The van der Waals surface area contributed by atoms with Crippen LogP contribution in [0.5, 0.6) is 0 Å². The van der Waals surface area contributed by atoms with E-state index in [1.165, 1.54) is 0 Å². The molecule has 0 saturated carbocycles. The molecule has 0 amide bonds. The van der Waals surface area contributed by atoms with Crippen LogP contribution in [0.15, 0.2) is 0 Å². The molecule has 25 N–H and O–H groups in total. The van der Waals surface area contributed by atoms with Crippen molar-refractivity contribution in [2.45, 2.75) is 0 Å². The van der Waals surface area contributed by atoms with Gasteiger partial charge in [0.2, 0.25) is 0 Å². The Hall–Kier alpha value is 2.28. The zero-order chi connectivity index (χ0) is 4.50. The first-order chi connectivity index (χ1) is 2.00. The largest absolute Gasteiger partial charge is 0.466 e. The summed E-state index contributed by atoms with van der Waals surface area (Å²) in [5, 5.41) is 0. The van der Waals surface area contributed by atoms with E-state index in [4.69, 9.17) is 19.2 Å². The van der Waals surface area contributed by atoms with Crippen molar-refractivity contribution in [2.75, 3.05) is 0 Å². The van der Waals surface area contributed by atoms with Crippen molar-refractivity contribution in [3.8, 4) is 0 Å². The Morgan fingerprint density at radius 3 is 0.421 bits per heavy atom. The maximum atomic E-state index is 8.88. The summed E-state index contributed by atoms with van der Waals surface area (Å²) >= 11 is 0. The molecular weight excluding hydrogens is 806 g/mol. The first-order valence-corrected chi connectivity index (χ1v) is 2.35. The van der Waals surface area contributed by atoms with Gasteiger partial charge in [0.25, 0.3) is 0 Å². The molecule has 19 heavy (non-hydrogen) atoms. The number of phosphoric acid groups is 1. The Morgan fingerprint density at radius 2 is 0.421 bits per heavy atom. The topological polar surface area (TPSA) is 424 Å². The van der Waals surface area contributed by atoms with Crippen LogP contribution in [-0.2, 0) is 82.1 Å². The molecular formula is H25Hf3O15P. The van der Waals surface area contributed by atoms with Gasteiger partial charge < -0.3 is 74.9 Å². The number of hydrogen-bond donors (Lipinski definition) is 3. The van der Waals surface area contributed by atoms with E-state index in [0.717, 1.165) is 0 Å². The van der Waals surface area contributed by atoms with Gasteiger partial charge in [0.1, 0.15) is 0 Å². The molecule has 0 saturated heterocycles. The van der Waals surface area contributed by atoms with Crippen molar-refractivity contribution >= 4 is 7.82 Å². The quantitative estimate of drug-likeness (QED) is 0.158. The number of rotatable bonds is 0. The van der Waals surface area contributed by atoms with Crippen molar-refractivity contribution in [3.63, 3.8) is 0 Å². The second-order valence-corrected chi connectivity index (χ2v) is 1.54. The van der Waals surface area contributed by atoms with E-state index in [1.54, 1.807) is 0 Å². The number of hydrogen-bond acceptors (Lipinski definition) is 1. The van der Waals surface area contributed by atoms with Crippen LogP contribution in [0.1, 0.15) is 0 Å². The molecule has 0 aliphatic carbocycles. The Kier molecular flexibility index (Phi) is 1280. The summed E-state index contributed by atoms with van der Waals surface area (Å²) in [4.78, 5) is 21.6. The average molecular weight is 832 g/mol. The molecule has 0 fully saturated rings. The first kappa shape index (κ1) is 222. The summed E-state index contributed by atoms with van der Waals surface area (Å²) in [5.41, 5.74) is 0. The molecule has 0 bridgehead atoms. The van der Waals surface area contributed by atoms with Gasteiger partial charge in [-0.1, -0.05) is 0 Å². The second-order valence-electron chi connectivity index (χ2n) is 0.513. The Balaban J connectivity index is -0.000000000879. The molecule has 0 aromatic carbocycles. The molecule has 0 spiro atoms. The molecule has 19 heteroatoms. The van der Waals surface area contributed by atoms with Gasteiger partial charge in [0.15, 0.2) is 0 Å². The van der Waals surface area contributed by atoms with Gasteiger partial charge in [-0.3, -0.25) is 0 Å².